The number of amides is 1. The van der Waals surface area contributed by atoms with Crippen molar-refractivity contribution in [3.63, 3.8) is 0 Å². The van der Waals surface area contributed by atoms with Crippen LogP contribution >= 0.6 is 11.6 Å². The van der Waals surface area contributed by atoms with Crippen molar-refractivity contribution in [3.8, 4) is 5.75 Å². The topological polar surface area (TPSA) is 72.1 Å². The van der Waals surface area contributed by atoms with Gasteiger partial charge < -0.3 is 23.9 Å². The van der Waals surface area contributed by atoms with Crippen molar-refractivity contribution in [1.82, 2.24) is 4.90 Å². The van der Waals surface area contributed by atoms with Crippen molar-refractivity contribution in [2.24, 2.45) is 5.92 Å². The molecule has 23 heavy (non-hydrogen) atoms. The number of fused-ring (bicyclic) bond motifs is 1. The number of carbonyl (C=O) groups excluding carboxylic acids is 1. The predicted molar refractivity (Wildman–Crippen MR) is 85.1 cm³/mol. The van der Waals surface area contributed by atoms with Gasteiger partial charge in [0.25, 0.3) is 5.91 Å². The van der Waals surface area contributed by atoms with Crippen LogP contribution in [0.4, 0.5) is 0 Å². The highest BCUT2D eigenvalue weighted by atomic mass is 35.5. The molecule has 1 aliphatic rings. The van der Waals surface area contributed by atoms with E-state index in [1.54, 1.807) is 23.1 Å². The number of carbonyl (C=O) groups is 1. The van der Waals surface area contributed by atoms with Gasteiger partial charge in [0.1, 0.15) is 0 Å². The highest BCUT2D eigenvalue weighted by molar-refractivity contribution is 6.31. The van der Waals surface area contributed by atoms with Crippen LogP contribution in [-0.2, 0) is 4.74 Å². The number of hydrogen-bond acceptors (Lipinski definition) is 5. The largest absolute Gasteiger partial charge is 0.493 e. The Bertz CT molecular complexity index is 714. The van der Waals surface area contributed by atoms with Gasteiger partial charge >= 0.3 is 0 Å². The monoisotopic (exact) mass is 339 g/mol. The quantitative estimate of drug-likeness (QED) is 0.928. The fourth-order valence-electron chi connectivity index (χ4n) is 2.67. The number of furan rings is 1. The summed E-state index contributed by atoms with van der Waals surface area (Å²) in [4.78, 5) is 14.3. The van der Waals surface area contributed by atoms with Gasteiger partial charge in [-0.1, -0.05) is 11.6 Å². The molecule has 0 radical (unpaired) electrons. The Hall–Kier alpha value is -1.76. The van der Waals surface area contributed by atoms with Gasteiger partial charge in [0, 0.05) is 42.1 Å². The molecule has 3 rings (SSSR count). The molecule has 0 saturated carbocycles. The van der Waals surface area contributed by atoms with E-state index >= 15 is 0 Å². The predicted octanol–water partition coefficient (Wildman–Crippen LogP) is 2.18. The third-order valence-electron chi connectivity index (χ3n) is 3.86. The number of aliphatic hydroxyl groups excluding tert-OH is 1. The van der Waals surface area contributed by atoms with Crippen molar-refractivity contribution >= 4 is 28.5 Å². The van der Waals surface area contributed by atoms with Crippen molar-refractivity contribution in [2.75, 3.05) is 40.0 Å². The van der Waals surface area contributed by atoms with Crippen LogP contribution in [0.1, 0.15) is 10.6 Å². The van der Waals surface area contributed by atoms with E-state index in [2.05, 4.69) is 0 Å². The second kappa shape index (κ2) is 6.78. The summed E-state index contributed by atoms with van der Waals surface area (Å²) in [5.41, 5.74) is 0.491. The highest BCUT2D eigenvalue weighted by Crippen LogP contribution is 2.32. The molecule has 2 aromatic rings. The standard InChI is InChI=1S/C16H18ClNO5/c1-21-13-6-12(17)4-11-5-14(23-15(11)13)16(20)18-2-3-22-9-10(7-18)8-19/h4-6,10,19H,2-3,7-9H2,1H3/t10-/m0/s1. The van der Waals surface area contributed by atoms with Gasteiger partial charge in [-0.2, -0.15) is 0 Å². The Balaban J connectivity index is 1.91. The summed E-state index contributed by atoms with van der Waals surface area (Å²) in [6.45, 7) is 1.77. The molecule has 6 nitrogen and oxygen atoms in total. The average Bonchev–Trinajstić information content (AvgIpc) is 2.82. The van der Waals surface area contributed by atoms with Crippen LogP contribution < -0.4 is 4.74 Å². The molecule has 1 aromatic heterocycles. The molecule has 0 aliphatic carbocycles. The third kappa shape index (κ3) is 3.29. The number of halogens is 1. The molecule has 0 unspecified atom stereocenters. The Morgan fingerprint density at radius 1 is 1.48 bits per heavy atom. The molecule has 1 fully saturated rings. The minimum atomic E-state index is -0.233. The zero-order chi connectivity index (χ0) is 16.4. The molecule has 124 valence electrons. The van der Waals surface area contributed by atoms with Gasteiger partial charge in [-0.3, -0.25) is 4.79 Å². The minimum absolute atomic E-state index is 0.0205. The van der Waals surface area contributed by atoms with Crippen LogP contribution in [0, 0.1) is 5.92 Å². The third-order valence-corrected chi connectivity index (χ3v) is 4.08. The van der Waals surface area contributed by atoms with Crippen LogP contribution in [0.3, 0.4) is 0 Å². The Kier molecular flexibility index (Phi) is 4.75. The molecule has 1 amide bonds. The summed E-state index contributed by atoms with van der Waals surface area (Å²) in [6, 6.07) is 5.02. The smallest absolute Gasteiger partial charge is 0.289 e. The lowest BCUT2D eigenvalue weighted by molar-refractivity contribution is 0.0698. The number of nitrogens with zero attached hydrogens (tertiary/aromatic N) is 1. The number of ether oxygens (including phenoxy) is 2. The number of benzene rings is 1. The van der Waals surface area contributed by atoms with Gasteiger partial charge in [-0.15, -0.1) is 0 Å². The molecule has 1 aliphatic heterocycles. The van der Waals surface area contributed by atoms with E-state index in [0.29, 0.717) is 48.0 Å². The summed E-state index contributed by atoms with van der Waals surface area (Å²) < 4.78 is 16.3. The minimum Gasteiger partial charge on any atom is -0.493 e. The van der Waals surface area contributed by atoms with Crippen LogP contribution in [0.25, 0.3) is 11.0 Å². The van der Waals surface area contributed by atoms with Crippen LogP contribution in [0.15, 0.2) is 22.6 Å². The van der Waals surface area contributed by atoms with Gasteiger partial charge in [0.15, 0.2) is 17.1 Å². The molecule has 1 aromatic carbocycles. The van der Waals surface area contributed by atoms with Crippen molar-refractivity contribution in [2.45, 2.75) is 0 Å². The van der Waals surface area contributed by atoms with Crippen LogP contribution in [0.5, 0.6) is 5.75 Å². The summed E-state index contributed by atoms with van der Waals surface area (Å²) in [5, 5.41) is 10.5. The normalized spacial score (nSPS) is 18.9. The zero-order valence-electron chi connectivity index (χ0n) is 12.8. The van der Waals surface area contributed by atoms with E-state index in [-0.39, 0.29) is 24.2 Å². The average molecular weight is 340 g/mol. The highest BCUT2D eigenvalue weighted by Gasteiger charge is 2.26. The van der Waals surface area contributed by atoms with E-state index < -0.39 is 0 Å². The second-order valence-electron chi connectivity index (χ2n) is 5.51. The lowest BCUT2D eigenvalue weighted by Crippen LogP contribution is -2.36. The Morgan fingerprint density at radius 3 is 3.04 bits per heavy atom. The van der Waals surface area contributed by atoms with E-state index in [4.69, 9.17) is 25.5 Å². The first-order chi connectivity index (χ1) is 11.1. The fourth-order valence-corrected chi connectivity index (χ4v) is 2.89. The first kappa shape index (κ1) is 16.1. The summed E-state index contributed by atoms with van der Waals surface area (Å²) in [5.74, 6) is 0.385. The molecule has 2 heterocycles. The van der Waals surface area contributed by atoms with Crippen molar-refractivity contribution in [3.05, 3.63) is 29.0 Å². The first-order valence-corrected chi connectivity index (χ1v) is 7.75. The second-order valence-corrected chi connectivity index (χ2v) is 5.95. The maximum absolute atomic E-state index is 12.7. The van der Waals surface area contributed by atoms with E-state index in [1.165, 1.54) is 7.11 Å². The Labute approximate surface area is 138 Å². The zero-order valence-corrected chi connectivity index (χ0v) is 13.5. The van der Waals surface area contributed by atoms with E-state index in [0.717, 1.165) is 0 Å². The van der Waals surface area contributed by atoms with Crippen molar-refractivity contribution < 1.29 is 23.8 Å². The van der Waals surface area contributed by atoms with E-state index in [9.17, 15) is 9.90 Å². The van der Waals surface area contributed by atoms with Crippen molar-refractivity contribution in [1.29, 1.82) is 0 Å². The number of methoxy groups -OCH3 is 1. The fraction of sp³-hybridized carbons (Fsp3) is 0.438. The Morgan fingerprint density at radius 2 is 2.30 bits per heavy atom. The molecule has 1 atom stereocenters. The molecular formula is C16H18ClNO5. The number of aliphatic hydroxyl groups is 1. The van der Waals surface area contributed by atoms with Gasteiger partial charge in [-0.05, 0) is 12.1 Å². The SMILES string of the molecule is COc1cc(Cl)cc2cc(C(=O)N3CCOC[C@H](CO)C3)oc12. The lowest BCUT2D eigenvalue weighted by atomic mass is 10.1. The first-order valence-electron chi connectivity index (χ1n) is 7.37. The summed E-state index contributed by atoms with van der Waals surface area (Å²) in [7, 11) is 1.52. The van der Waals surface area contributed by atoms with Gasteiger partial charge in [0.2, 0.25) is 0 Å². The van der Waals surface area contributed by atoms with Crippen LogP contribution in [0.2, 0.25) is 5.02 Å². The molecular weight excluding hydrogens is 322 g/mol. The van der Waals surface area contributed by atoms with Gasteiger partial charge in [-0.25, -0.2) is 0 Å². The maximum atomic E-state index is 12.7. The maximum Gasteiger partial charge on any atom is 0.289 e. The lowest BCUT2D eigenvalue weighted by Gasteiger charge is -2.21. The van der Waals surface area contributed by atoms with E-state index in [1.807, 2.05) is 0 Å². The summed E-state index contributed by atoms with van der Waals surface area (Å²) >= 11 is 6.04. The van der Waals surface area contributed by atoms with Crippen LogP contribution in [-0.4, -0.2) is 55.9 Å². The molecule has 7 heteroatoms. The van der Waals surface area contributed by atoms with Gasteiger partial charge in [0.05, 0.1) is 20.3 Å². The number of hydrogen-bond donors (Lipinski definition) is 1. The molecule has 0 bridgehead atoms. The molecule has 1 N–H and O–H groups in total. The summed E-state index contributed by atoms with van der Waals surface area (Å²) in [6.07, 6.45) is 0. The molecule has 1 saturated heterocycles. The number of rotatable bonds is 3. The molecule has 0 spiro atoms.